The summed E-state index contributed by atoms with van der Waals surface area (Å²) in [4.78, 5) is 23.7. The molecule has 8 heteroatoms. The van der Waals surface area contributed by atoms with E-state index >= 15 is 0 Å². The summed E-state index contributed by atoms with van der Waals surface area (Å²) >= 11 is 0. The van der Waals surface area contributed by atoms with Crippen molar-refractivity contribution in [2.75, 3.05) is 11.9 Å². The van der Waals surface area contributed by atoms with Gasteiger partial charge in [0.1, 0.15) is 0 Å². The van der Waals surface area contributed by atoms with Crippen LogP contribution in [0.1, 0.15) is 6.42 Å². The van der Waals surface area contributed by atoms with Crippen molar-refractivity contribution in [2.45, 2.75) is 13.0 Å². The summed E-state index contributed by atoms with van der Waals surface area (Å²) in [5.74, 6) is -5.63. The molecule has 5 nitrogen and oxygen atoms in total. The van der Waals surface area contributed by atoms with E-state index in [0.29, 0.717) is 12.6 Å². The molecule has 0 radical (unpaired) electrons. The average molecular weight is 375 g/mol. The van der Waals surface area contributed by atoms with Crippen molar-refractivity contribution in [3.63, 3.8) is 0 Å². The number of hydrogen-bond donors (Lipinski definition) is 2. The molecule has 0 aliphatic rings. The van der Waals surface area contributed by atoms with Gasteiger partial charge >= 0.3 is 0 Å². The van der Waals surface area contributed by atoms with Crippen molar-refractivity contribution in [3.8, 4) is 0 Å². The van der Waals surface area contributed by atoms with Crippen LogP contribution in [0.4, 0.5) is 18.9 Å². The Morgan fingerprint density at radius 1 is 0.926 bits per heavy atom. The molecule has 0 atom stereocenters. The van der Waals surface area contributed by atoms with Gasteiger partial charge in [-0.25, -0.2) is 13.2 Å². The Morgan fingerprint density at radius 3 is 2.52 bits per heavy atom. The predicted molar refractivity (Wildman–Crippen MR) is 94.5 cm³/mol. The second kappa shape index (κ2) is 7.94. The number of aryl methyl sites for hydroxylation is 1. The Balaban J connectivity index is 1.49. The van der Waals surface area contributed by atoms with E-state index in [1.807, 2.05) is 41.1 Å². The second-order valence-electron chi connectivity index (χ2n) is 5.87. The van der Waals surface area contributed by atoms with Gasteiger partial charge in [-0.05, 0) is 29.7 Å². The standard InChI is InChI=1S/C19H16F3N3O2/c20-13-5-6-14(19(22)18(13)21)24-17(27)11-23-16(26)8-10-25-9-7-12-3-1-2-4-15(12)25/h1-7,9H,8,10-11H2,(H,23,26)(H,24,27). The molecule has 0 unspecified atom stereocenters. The molecular formula is C19H16F3N3O2. The summed E-state index contributed by atoms with van der Waals surface area (Å²) in [5.41, 5.74) is 0.504. The van der Waals surface area contributed by atoms with E-state index in [0.717, 1.165) is 17.0 Å². The van der Waals surface area contributed by atoms with Crippen LogP contribution in [0.5, 0.6) is 0 Å². The highest BCUT2D eigenvalue weighted by Gasteiger charge is 2.15. The number of para-hydroxylation sites is 1. The largest absolute Gasteiger partial charge is 0.347 e. The molecule has 1 heterocycles. The molecular weight excluding hydrogens is 359 g/mol. The molecule has 0 fully saturated rings. The fourth-order valence-corrected chi connectivity index (χ4v) is 2.64. The van der Waals surface area contributed by atoms with Gasteiger partial charge in [-0.2, -0.15) is 0 Å². The normalized spacial score (nSPS) is 10.8. The van der Waals surface area contributed by atoms with Crippen LogP contribution in [-0.4, -0.2) is 22.9 Å². The number of aromatic nitrogens is 1. The Labute approximate surface area is 152 Å². The van der Waals surface area contributed by atoms with E-state index in [9.17, 15) is 22.8 Å². The summed E-state index contributed by atoms with van der Waals surface area (Å²) in [7, 11) is 0. The maximum Gasteiger partial charge on any atom is 0.243 e. The van der Waals surface area contributed by atoms with E-state index in [2.05, 4.69) is 10.6 Å². The second-order valence-corrected chi connectivity index (χ2v) is 5.87. The number of nitrogens with zero attached hydrogens (tertiary/aromatic N) is 1. The topological polar surface area (TPSA) is 63.1 Å². The van der Waals surface area contributed by atoms with Crippen LogP contribution in [0, 0.1) is 17.5 Å². The van der Waals surface area contributed by atoms with Gasteiger partial charge in [-0.15, -0.1) is 0 Å². The van der Waals surface area contributed by atoms with Gasteiger partial charge in [0.2, 0.25) is 11.8 Å². The van der Waals surface area contributed by atoms with Gasteiger partial charge < -0.3 is 15.2 Å². The highest BCUT2D eigenvalue weighted by atomic mass is 19.2. The van der Waals surface area contributed by atoms with Crippen LogP contribution in [0.3, 0.4) is 0 Å². The molecule has 3 aromatic rings. The van der Waals surface area contributed by atoms with E-state index in [1.54, 1.807) is 0 Å². The lowest BCUT2D eigenvalue weighted by molar-refractivity contribution is -0.124. The quantitative estimate of drug-likeness (QED) is 0.650. The summed E-state index contributed by atoms with van der Waals surface area (Å²) in [5, 5.41) is 5.55. The van der Waals surface area contributed by atoms with E-state index in [1.165, 1.54) is 0 Å². The lowest BCUT2D eigenvalue weighted by Gasteiger charge is -2.09. The maximum absolute atomic E-state index is 13.5. The van der Waals surface area contributed by atoms with Gasteiger partial charge in [0.05, 0.1) is 12.2 Å². The van der Waals surface area contributed by atoms with Crippen LogP contribution in [0.25, 0.3) is 10.9 Å². The minimum atomic E-state index is -1.67. The number of carbonyl (C=O) groups is 2. The predicted octanol–water partition coefficient (Wildman–Crippen LogP) is 3.20. The Kier molecular flexibility index (Phi) is 5.44. The van der Waals surface area contributed by atoms with Gasteiger partial charge in [0, 0.05) is 24.7 Å². The number of hydrogen-bond acceptors (Lipinski definition) is 2. The number of anilines is 1. The molecule has 0 saturated heterocycles. The first-order chi connectivity index (χ1) is 13.0. The molecule has 3 rings (SSSR count). The summed E-state index contributed by atoms with van der Waals surface area (Å²) < 4.78 is 41.4. The number of halogens is 3. The smallest absolute Gasteiger partial charge is 0.243 e. The van der Waals surface area contributed by atoms with Crippen molar-refractivity contribution < 1.29 is 22.8 Å². The molecule has 0 spiro atoms. The van der Waals surface area contributed by atoms with Crippen LogP contribution in [0.15, 0.2) is 48.7 Å². The minimum absolute atomic E-state index is 0.144. The third-order valence-corrected chi connectivity index (χ3v) is 4.02. The lowest BCUT2D eigenvalue weighted by Crippen LogP contribution is -2.33. The number of benzene rings is 2. The monoisotopic (exact) mass is 375 g/mol. The van der Waals surface area contributed by atoms with E-state index < -0.39 is 35.6 Å². The summed E-state index contributed by atoms with van der Waals surface area (Å²) in [6, 6.07) is 11.3. The van der Waals surface area contributed by atoms with Gasteiger partial charge in [-0.3, -0.25) is 9.59 Å². The molecule has 0 aliphatic heterocycles. The number of carbonyl (C=O) groups excluding carboxylic acids is 2. The molecule has 140 valence electrons. The lowest BCUT2D eigenvalue weighted by atomic mass is 10.2. The minimum Gasteiger partial charge on any atom is -0.347 e. The molecule has 0 aliphatic carbocycles. The molecule has 27 heavy (non-hydrogen) atoms. The highest BCUT2D eigenvalue weighted by molar-refractivity contribution is 5.94. The SMILES string of the molecule is O=C(CCn1ccc2ccccc21)NCC(=O)Nc1ccc(F)c(F)c1F. The number of nitrogens with one attached hydrogen (secondary N) is 2. The summed E-state index contributed by atoms with van der Waals surface area (Å²) in [6.45, 7) is 0.0163. The summed E-state index contributed by atoms with van der Waals surface area (Å²) in [6.07, 6.45) is 2.02. The fourth-order valence-electron chi connectivity index (χ4n) is 2.64. The molecule has 2 aromatic carbocycles. The van der Waals surface area contributed by atoms with E-state index in [-0.39, 0.29) is 12.3 Å². The van der Waals surface area contributed by atoms with Crippen molar-refractivity contribution in [3.05, 3.63) is 66.1 Å². The van der Waals surface area contributed by atoms with Gasteiger partial charge in [0.25, 0.3) is 0 Å². The molecule has 0 saturated carbocycles. The van der Waals surface area contributed by atoms with Crippen LogP contribution < -0.4 is 10.6 Å². The Hall–Kier alpha value is -3.29. The van der Waals surface area contributed by atoms with Crippen LogP contribution >= 0.6 is 0 Å². The van der Waals surface area contributed by atoms with Gasteiger partial charge in [-0.1, -0.05) is 18.2 Å². The van der Waals surface area contributed by atoms with E-state index in [4.69, 9.17) is 0 Å². The van der Waals surface area contributed by atoms with Crippen molar-refractivity contribution in [1.29, 1.82) is 0 Å². The number of amides is 2. The first-order valence-corrected chi connectivity index (χ1v) is 8.19. The van der Waals surface area contributed by atoms with Crippen LogP contribution in [-0.2, 0) is 16.1 Å². The average Bonchev–Trinajstić information content (AvgIpc) is 3.08. The zero-order valence-electron chi connectivity index (χ0n) is 14.1. The van der Waals surface area contributed by atoms with Gasteiger partial charge in [0.15, 0.2) is 17.5 Å². The fraction of sp³-hybridized carbons (Fsp3) is 0.158. The zero-order chi connectivity index (χ0) is 19.4. The number of rotatable bonds is 6. The third-order valence-electron chi connectivity index (χ3n) is 4.02. The zero-order valence-corrected chi connectivity index (χ0v) is 14.1. The molecule has 2 N–H and O–H groups in total. The third kappa shape index (κ3) is 4.28. The number of fused-ring (bicyclic) bond motifs is 1. The maximum atomic E-state index is 13.5. The molecule has 0 bridgehead atoms. The first kappa shape index (κ1) is 18.5. The van der Waals surface area contributed by atoms with Crippen molar-refractivity contribution in [2.24, 2.45) is 0 Å². The highest BCUT2D eigenvalue weighted by Crippen LogP contribution is 2.19. The first-order valence-electron chi connectivity index (χ1n) is 8.19. The molecule has 1 aromatic heterocycles. The van der Waals surface area contributed by atoms with Crippen molar-refractivity contribution in [1.82, 2.24) is 9.88 Å². The Morgan fingerprint density at radius 2 is 1.70 bits per heavy atom. The molecule has 2 amide bonds. The van der Waals surface area contributed by atoms with Crippen molar-refractivity contribution >= 4 is 28.4 Å². The Bertz CT molecular complexity index is 1000. The van der Waals surface area contributed by atoms with Crippen LogP contribution in [0.2, 0.25) is 0 Å².